The summed E-state index contributed by atoms with van der Waals surface area (Å²) in [4.78, 5) is 0. The topological polar surface area (TPSA) is 39.1 Å². The molecule has 2 aromatic rings. The molecule has 0 saturated carbocycles. The minimum absolute atomic E-state index is 0.655. The van der Waals surface area contributed by atoms with Gasteiger partial charge in [-0.05, 0) is 19.1 Å². The summed E-state index contributed by atoms with van der Waals surface area (Å²) in [7, 11) is 1.97. The molecule has 0 aliphatic carbocycles. The first-order valence-electron chi connectivity index (χ1n) is 6.01. The highest BCUT2D eigenvalue weighted by Crippen LogP contribution is 2.28. The van der Waals surface area contributed by atoms with Gasteiger partial charge in [0.25, 0.3) is 0 Å². The first-order chi connectivity index (χ1) is 8.25. The molecular formula is C13H17N3O. The minimum atomic E-state index is 0.655. The van der Waals surface area contributed by atoms with Crippen LogP contribution in [-0.4, -0.2) is 29.5 Å². The Morgan fingerprint density at radius 1 is 1.47 bits per heavy atom. The number of ether oxygens (including phenoxy) is 1. The van der Waals surface area contributed by atoms with Crippen LogP contribution in [0.25, 0.3) is 10.9 Å². The maximum absolute atomic E-state index is 5.92. The fraction of sp³-hybridized carbons (Fsp3) is 0.462. The Morgan fingerprint density at radius 2 is 2.29 bits per heavy atom. The zero-order chi connectivity index (χ0) is 11.8. The van der Waals surface area contributed by atoms with Crippen molar-refractivity contribution in [2.75, 3.05) is 19.7 Å². The Hall–Kier alpha value is -1.55. The van der Waals surface area contributed by atoms with Crippen molar-refractivity contribution in [2.45, 2.75) is 6.92 Å². The predicted molar refractivity (Wildman–Crippen MR) is 67.3 cm³/mol. The van der Waals surface area contributed by atoms with E-state index in [-0.39, 0.29) is 0 Å². The smallest absolute Gasteiger partial charge is 0.130 e. The van der Waals surface area contributed by atoms with Crippen molar-refractivity contribution >= 4 is 10.9 Å². The summed E-state index contributed by atoms with van der Waals surface area (Å²) in [5, 5.41) is 8.83. The molecule has 1 aromatic carbocycles. The Balaban J connectivity index is 1.92. The highest BCUT2D eigenvalue weighted by Gasteiger charge is 2.18. The van der Waals surface area contributed by atoms with Crippen LogP contribution in [0, 0.1) is 12.8 Å². The van der Waals surface area contributed by atoms with Crippen LogP contribution >= 0.6 is 0 Å². The molecule has 90 valence electrons. The van der Waals surface area contributed by atoms with E-state index in [0.717, 1.165) is 42.0 Å². The van der Waals surface area contributed by atoms with E-state index < -0.39 is 0 Å². The van der Waals surface area contributed by atoms with E-state index in [4.69, 9.17) is 4.74 Å². The van der Waals surface area contributed by atoms with E-state index >= 15 is 0 Å². The number of hydrogen-bond acceptors (Lipinski definition) is 3. The van der Waals surface area contributed by atoms with Gasteiger partial charge < -0.3 is 10.1 Å². The van der Waals surface area contributed by atoms with Gasteiger partial charge in [0.15, 0.2) is 0 Å². The first-order valence-corrected chi connectivity index (χ1v) is 6.01. The summed E-state index contributed by atoms with van der Waals surface area (Å²) in [6, 6.07) is 6.13. The number of nitrogens with one attached hydrogen (secondary N) is 1. The quantitative estimate of drug-likeness (QED) is 0.869. The number of aryl methyl sites for hydroxylation is 2. The molecule has 1 N–H and O–H groups in total. The highest BCUT2D eigenvalue weighted by molar-refractivity contribution is 5.88. The minimum Gasteiger partial charge on any atom is -0.492 e. The van der Waals surface area contributed by atoms with Gasteiger partial charge in [-0.25, -0.2) is 0 Å². The van der Waals surface area contributed by atoms with E-state index in [0.29, 0.717) is 5.92 Å². The molecule has 0 unspecified atom stereocenters. The molecule has 0 spiro atoms. The maximum atomic E-state index is 5.92. The van der Waals surface area contributed by atoms with Gasteiger partial charge in [0.05, 0.1) is 23.2 Å². The molecule has 0 atom stereocenters. The van der Waals surface area contributed by atoms with Crippen molar-refractivity contribution in [3.05, 3.63) is 23.9 Å². The molecule has 1 saturated heterocycles. The van der Waals surface area contributed by atoms with Gasteiger partial charge in [0.1, 0.15) is 5.75 Å². The molecule has 17 heavy (non-hydrogen) atoms. The summed E-state index contributed by atoms with van der Waals surface area (Å²) >= 11 is 0. The number of nitrogens with zero attached hydrogens (tertiary/aromatic N) is 2. The third kappa shape index (κ3) is 1.78. The van der Waals surface area contributed by atoms with Gasteiger partial charge in [0, 0.05) is 26.1 Å². The zero-order valence-corrected chi connectivity index (χ0v) is 10.2. The fourth-order valence-corrected chi connectivity index (χ4v) is 2.28. The van der Waals surface area contributed by atoms with E-state index in [2.05, 4.69) is 16.5 Å². The molecule has 1 aliphatic heterocycles. The molecule has 3 rings (SSSR count). The Kier molecular flexibility index (Phi) is 2.52. The Bertz CT molecular complexity index is 543. The lowest BCUT2D eigenvalue weighted by molar-refractivity contribution is 0.201. The van der Waals surface area contributed by atoms with Gasteiger partial charge >= 0.3 is 0 Å². The van der Waals surface area contributed by atoms with Crippen LogP contribution < -0.4 is 10.1 Å². The molecule has 0 bridgehead atoms. The van der Waals surface area contributed by atoms with Gasteiger partial charge in [-0.15, -0.1) is 0 Å². The predicted octanol–water partition coefficient (Wildman–Crippen LogP) is 1.48. The van der Waals surface area contributed by atoms with Crippen molar-refractivity contribution in [1.29, 1.82) is 0 Å². The van der Waals surface area contributed by atoms with Crippen molar-refractivity contribution < 1.29 is 4.74 Å². The Labute approximate surface area is 101 Å². The van der Waals surface area contributed by atoms with Gasteiger partial charge in [-0.3, -0.25) is 4.68 Å². The molecule has 2 heterocycles. The van der Waals surface area contributed by atoms with Crippen molar-refractivity contribution in [3.63, 3.8) is 0 Å². The number of hydrogen-bond donors (Lipinski definition) is 1. The van der Waals surface area contributed by atoms with Gasteiger partial charge in [-0.2, -0.15) is 5.10 Å². The average Bonchev–Trinajstić information content (AvgIpc) is 2.54. The van der Waals surface area contributed by atoms with Crippen LogP contribution in [0.5, 0.6) is 5.75 Å². The molecule has 1 fully saturated rings. The van der Waals surface area contributed by atoms with Crippen LogP contribution in [0.15, 0.2) is 18.2 Å². The van der Waals surface area contributed by atoms with E-state index in [1.54, 1.807) is 0 Å². The molecule has 4 nitrogen and oxygen atoms in total. The van der Waals surface area contributed by atoms with Crippen LogP contribution in [0.4, 0.5) is 0 Å². The summed E-state index contributed by atoms with van der Waals surface area (Å²) in [6.45, 7) is 4.96. The third-order valence-electron chi connectivity index (χ3n) is 3.36. The third-order valence-corrected chi connectivity index (χ3v) is 3.36. The summed E-state index contributed by atoms with van der Waals surface area (Å²) in [5.74, 6) is 1.61. The standard InChI is InChI=1S/C13H17N3O/c1-9-13-11(16(2)15-9)4-3-5-12(13)17-8-10-6-14-7-10/h3-5,10,14H,6-8H2,1-2H3. The van der Waals surface area contributed by atoms with E-state index in [9.17, 15) is 0 Å². The highest BCUT2D eigenvalue weighted by atomic mass is 16.5. The molecule has 1 aliphatic rings. The summed E-state index contributed by atoms with van der Waals surface area (Å²) in [5.41, 5.74) is 2.16. The molecule has 0 amide bonds. The Morgan fingerprint density at radius 3 is 3.00 bits per heavy atom. The zero-order valence-electron chi connectivity index (χ0n) is 10.2. The largest absolute Gasteiger partial charge is 0.492 e. The summed E-state index contributed by atoms with van der Waals surface area (Å²) in [6.07, 6.45) is 0. The SMILES string of the molecule is Cc1nn(C)c2cccc(OCC3CNC3)c12. The van der Waals surface area contributed by atoms with Crippen LogP contribution in [-0.2, 0) is 7.05 Å². The van der Waals surface area contributed by atoms with E-state index in [1.165, 1.54) is 0 Å². The lowest BCUT2D eigenvalue weighted by atomic mass is 10.1. The van der Waals surface area contributed by atoms with Gasteiger partial charge in [0.2, 0.25) is 0 Å². The molecule has 1 aromatic heterocycles. The number of rotatable bonds is 3. The number of fused-ring (bicyclic) bond motifs is 1. The van der Waals surface area contributed by atoms with Crippen LogP contribution in [0.3, 0.4) is 0 Å². The van der Waals surface area contributed by atoms with Crippen LogP contribution in [0.2, 0.25) is 0 Å². The molecule has 0 radical (unpaired) electrons. The monoisotopic (exact) mass is 231 g/mol. The second-order valence-electron chi connectivity index (χ2n) is 4.69. The van der Waals surface area contributed by atoms with Gasteiger partial charge in [-0.1, -0.05) is 6.07 Å². The van der Waals surface area contributed by atoms with Crippen LogP contribution in [0.1, 0.15) is 5.69 Å². The maximum Gasteiger partial charge on any atom is 0.130 e. The average molecular weight is 231 g/mol. The molecular weight excluding hydrogens is 214 g/mol. The number of aromatic nitrogens is 2. The van der Waals surface area contributed by atoms with Crippen molar-refractivity contribution in [3.8, 4) is 5.75 Å². The van der Waals surface area contributed by atoms with E-state index in [1.807, 2.05) is 30.8 Å². The second-order valence-corrected chi connectivity index (χ2v) is 4.69. The summed E-state index contributed by atoms with van der Waals surface area (Å²) < 4.78 is 7.83. The first kappa shape index (κ1) is 10.6. The molecule has 4 heteroatoms. The lowest BCUT2D eigenvalue weighted by Crippen LogP contribution is -2.45. The second kappa shape index (κ2) is 4.04. The number of benzene rings is 1. The lowest BCUT2D eigenvalue weighted by Gasteiger charge is -2.26. The van der Waals surface area contributed by atoms with Crippen molar-refractivity contribution in [2.24, 2.45) is 13.0 Å². The fourth-order valence-electron chi connectivity index (χ4n) is 2.28. The van der Waals surface area contributed by atoms with Crippen molar-refractivity contribution in [1.82, 2.24) is 15.1 Å². The normalized spacial score (nSPS) is 16.1.